The summed E-state index contributed by atoms with van der Waals surface area (Å²) in [6, 6.07) is 11.1. The van der Waals surface area contributed by atoms with Gasteiger partial charge in [-0.15, -0.1) is 0 Å². The minimum Gasteiger partial charge on any atom is -0.345 e. The molecule has 0 aliphatic heterocycles. The molecule has 0 aliphatic carbocycles. The lowest BCUT2D eigenvalue weighted by Gasteiger charge is -2.31. The minimum atomic E-state index is -1.09. The highest BCUT2D eigenvalue weighted by molar-refractivity contribution is 6.38. The first-order valence-electron chi connectivity index (χ1n) is 13.5. The zero-order valence-corrected chi connectivity index (χ0v) is 24.2. The van der Waals surface area contributed by atoms with Gasteiger partial charge in [0.05, 0.1) is 23.4 Å². The van der Waals surface area contributed by atoms with E-state index in [1.807, 2.05) is 30.3 Å². The number of aromatic amines is 1. The second-order valence-corrected chi connectivity index (χ2v) is 11.4. The lowest BCUT2D eigenvalue weighted by molar-refractivity contribution is -0.141. The molecule has 5 N–H and O–H groups in total. The molecule has 4 amide bonds. The third-order valence-electron chi connectivity index (χ3n) is 6.62. The number of amides is 4. The number of nitrogens with one attached hydrogen (secondary N) is 5. The molecular weight excluding hydrogens is 524 g/mol. The van der Waals surface area contributed by atoms with Crippen molar-refractivity contribution in [1.29, 1.82) is 0 Å². The van der Waals surface area contributed by atoms with E-state index in [1.165, 1.54) is 13.3 Å². The Morgan fingerprint density at radius 3 is 2.17 bits per heavy atom. The highest BCUT2D eigenvalue weighted by Gasteiger charge is 2.36. The quantitative estimate of drug-likeness (QED) is 0.225. The van der Waals surface area contributed by atoms with Crippen LogP contribution in [0.5, 0.6) is 0 Å². The number of para-hydroxylation sites is 1. The topological polar surface area (TPSA) is 162 Å². The monoisotopic (exact) mass is 562 g/mol. The van der Waals surface area contributed by atoms with Gasteiger partial charge in [0, 0.05) is 6.54 Å². The maximum Gasteiger partial charge on any atom is 0.289 e. The normalized spacial score (nSPS) is 13.6. The fraction of sp³-hybridized carbons (Fsp3) is 0.400. The Labute approximate surface area is 239 Å². The fourth-order valence-electron chi connectivity index (χ4n) is 4.21. The largest absolute Gasteiger partial charge is 0.345 e. The Hall–Kier alpha value is -4.54. The van der Waals surface area contributed by atoms with Crippen molar-refractivity contribution >= 4 is 40.4 Å². The summed E-state index contributed by atoms with van der Waals surface area (Å²) < 4.78 is 0. The number of carbonyl (C=O) groups is 5. The third kappa shape index (κ3) is 8.00. The Bertz CT molecular complexity index is 1410. The molecule has 0 fully saturated rings. The number of H-pyrrole nitrogens is 1. The number of nitrogens with zero attached hydrogens (tertiary/aromatic N) is 1. The molecule has 1 aromatic heterocycles. The molecule has 1 heterocycles. The molecule has 0 bridgehead atoms. The molecule has 3 aromatic rings. The van der Waals surface area contributed by atoms with Crippen LogP contribution in [0.1, 0.15) is 57.5 Å². The van der Waals surface area contributed by atoms with Crippen LogP contribution in [0, 0.1) is 11.3 Å². The van der Waals surface area contributed by atoms with E-state index in [4.69, 9.17) is 0 Å². The van der Waals surface area contributed by atoms with Crippen molar-refractivity contribution in [3.8, 4) is 0 Å². The van der Waals surface area contributed by atoms with Gasteiger partial charge in [0.2, 0.25) is 17.6 Å². The Kier molecular flexibility index (Phi) is 9.99. The summed E-state index contributed by atoms with van der Waals surface area (Å²) in [7, 11) is 0. The molecule has 0 saturated heterocycles. The van der Waals surface area contributed by atoms with Crippen LogP contribution in [0.2, 0.25) is 0 Å². The van der Waals surface area contributed by atoms with Gasteiger partial charge in [-0.25, -0.2) is 4.98 Å². The van der Waals surface area contributed by atoms with E-state index in [-0.39, 0.29) is 12.5 Å². The second-order valence-electron chi connectivity index (χ2n) is 11.4. The van der Waals surface area contributed by atoms with Crippen LogP contribution in [-0.4, -0.2) is 57.5 Å². The third-order valence-corrected chi connectivity index (χ3v) is 6.62. The number of rotatable bonds is 11. The van der Waals surface area contributed by atoms with Crippen molar-refractivity contribution in [2.45, 2.75) is 66.2 Å². The van der Waals surface area contributed by atoms with Gasteiger partial charge in [0.25, 0.3) is 11.8 Å². The first-order chi connectivity index (χ1) is 19.3. The molecule has 11 nitrogen and oxygen atoms in total. The standard InChI is InChI=1S/C30H38N6O5/c1-17(2)22(24(37)28(40)31-15-19-11-8-7-9-12-19)35-26(38)18(3)34-29(41)25(30(4,5)6)36-27(39)20-13-10-14-21-23(20)33-16-32-21/h7-14,16-18,22,25H,15H2,1-6H3,(H,31,40)(H,32,33)(H,34,41)(H,35,38)(H,36,39)/t18-,22-,25+/m0/s1. The van der Waals surface area contributed by atoms with E-state index < -0.39 is 53.0 Å². The van der Waals surface area contributed by atoms with Crippen LogP contribution in [-0.2, 0) is 25.7 Å². The minimum absolute atomic E-state index is 0.172. The Morgan fingerprint density at radius 1 is 0.854 bits per heavy atom. The molecule has 41 heavy (non-hydrogen) atoms. The number of carbonyl (C=O) groups excluding carboxylic acids is 5. The summed E-state index contributed by atoms with van der Waals surface area (Å²) in [5, 5.41) is 10.6. The van der Waals surface area contributed by atoms with Crippen LogP contribution >= 0.6 is 0 Å². The summed E-state index contributed by atoms with van der Waals surface area (Å²) in [4.78, 5) is 72.1. The van der Waals surface area contributed by atoms with Gasteiger partial charge in [0.15, 0.2) is 0 Å². The SMILES string of the molecule is CC(C)[C@H](NC(=O)[C@H](C)NC(=O)[C@@H](NC(=O)c1cccc2[nH]cnc12)C(C)(C)C)C(=O)C(=O)NCc1ccccc1. The summed E-state index contributed by atoms with van der Waals surface area (Å²) >= 11 is 0. The van der Waals surface area contributed by atoms with Gasteiger partial charge in [-0.05, 0) is 36.0 Å². The summed E-state index contributed by atoms with van der Waals surface area (Å²) in [5.41, 5.74) is 1.59. The molecule has 218 valence electrons. The molecule has 0 unspecified atom stereocenters. The number of benzene rings is 2. The van der Waals surface area contributed by atoms with Crippen molar-refractivity contribution in [2.24, 2.45) is 11.3 Å². The van der Waals surface area contributed by atoms with Crippen LogP contribution in [0.15, 0.2) is 54.9 Å². The van der Waals surface area contributed by atoms with Gasteiger partial charge in [-0.2, -0.15) is 0 Å². The molecule has 0 aliphatic rings. The van der Waals surface area contributed by atoms with E-state index >= 15 is 0 Å². The van der Waals surface area contributed by atoms with Crippen molar-refractivity contribution in [1.82, 2.24) is 31.2 Å². The summed E-state index contributed by atoms with van der Waals surface area (Å²) in [6.45, 7) is 10.4. The van der Waals surface area contributed by atoms with Crippen LogP contribution in [0.3, 0.4) is 0 Å². The number of aromatic nitrogens is 2. The molecular formula is C30H38N6O5. The van der Waals surface area contributed by atoms with Gasteiger partial charge in [0.1, 0.15) is 17.6 Å². The highest BCUT2D eigenvalue weighted by Crippen LogP contribution is 2.21. The van der Waals surface area contributed by atoms with Gasteiger partial charge in [-0.3, -0.25) is 24.0 Å². The fourth-order valence-corrected chi connectivity index (χ4v) is 4.21. The van der Waals surface area contributed by atoms with E-state index in [2.05, 4.69) is 31.2 Å². The second kappa shape index (κ2) is 13.2. The number of fused-ring (bicyclic) bond motifs is 1. The van der Waals surface area contributed by atoms with Crippen molar-refractivity contribution in [3.05, 3.63) is 66.0 Å². The van der Waals surface area contributed by atoms with Crippen molar-refractivity contribution in [3.63, 3.8) is 0 Å². The maximum absolute atomic E-state index is 13.3. The first-order valence-corrected chi connectivity index (χ1v) is 13.5. The molecule has 3 atom stereocenters. The van der Waals surface area contributed by atoms with Gasteiger partial charge < -0.3 is 26.3 Å². The Balaban J connectivity index is 1.64. The number of hydrogen-bond acceptors (Lipinski definition) is 6. The molecule has 3 rings (SSSR count). The molecule has 11 heteroatoms. The predicted molar refractivity (Wildman–Crippen MR) is 154 cm³/mol. The lowest BCUT2D eigenvalue weighted by Crippen LogP contribution is -2.59. The van der Waals surface area contributed by atoms with Gasteiger partial charge in [-0.1, -0.05) is 71.0 Å². The molecule has 0 radical (unpaired) electrons. The first kappa shape index (κ1) is 31.0. The number of ketones is 1. The van der Waals surface area contributed by atoms with Gasteiger partial charge >= 0.3 is 0 Å². The average molecular weight is 563 g/mol. The van der Waals surface area contributed by atoms with E-state index in [1.54, 1.807) is 52.8 Å². The lowest BCUT2D eigenvalue weighted by atomic mass is 9.85. The van der Waals surface area contributed by atoms with Crippen LogP contribution in [0.4, 0.5) is 0 Å². The average Bonchev–Trinajstić information content (AvgIpc) is 3.41. The molecule has 0 spiro atoms. The number of Topliss-reactive ketones (excluding diaryl/α,β-unsaturated/α-hetero) is 1. The van der Waals surface area contributed by atoms with Crippen molar-refractivity contribution < 1.29 is 24.0 Å². The van der Waals surface area contributed by atoms with E-state index in [9.17, 15) is 24.0 Å². The molecule has 2 aromatic carbocycles. The summed E-state index contributed by atoms with van der Waals surface area (Å²) in [5.74, 6) is -3.68. The number of imidazole rings is 1. The number of hydrogen-bond donors (Lipinski definition) is 5. The molecule has 0 saturated carbocycles. The Morgan fingerprint density at radius 2 is 1.54 bits per heavy atom. The zero-order valence-electron chi connectivity index (χ0n) is 24.2. The van der Waals surface area contributed by atoms with E-state index in [0.717, 1.165) is 5.56 Å². The maximum atomic E-state index is 13.3. The van der Waals surface area contributed by atoms with Crippen molar-refractivity contribution in [2.75, 3.05) is 0 Å². The smallest absolute Gasteiger partial charge is 0.289 e. The zero-order chi connectivity index (χ0) is 30.3. The summed E-state index contributed by atoms with van der Waals surface area (Å²) in [6.07, 6.45) is 1.48. The van der Waals surface area contributed by atoms with Crippen LogP contribution < -0.4 is 21.3 Å². The van der Waals surface area contributed by atoms with E-state index in [0.29, 0.717) is 16.6 Å². The van der Waals surface area contributed by atoms with Crippen LogP contribution in [0.25, 0.3) is 11.0 Å². The predicted octanol–water partition coefficient (Wildman–Crippen LogP) is 2.24. The highest BCUT2D eigenvalue weighted by atomic mass is 16.2.